The molecule has 0 amide bonds. The van der Waals surface area contributed by atoms with Crippen molar-refractivity contribution < 1.29 is 41.8 Å². The summed E-state index contributed by atoms with van der Waals surface area (Å²) in [6, 6.07) is 0. The molecule has 5 rings (SSSR count). The second-order valence-electron chi connectivity index (χ2n) is 11.6. The molecular formula is C26H35F3O6. The average Bonchev–Trinajstić information content (AvgIpc) is 3.40. The molecule has 196 valence electrons. The molecule has 0 aromatic carbocycles. The van der Waals surface area contributed by atoms with Crippen LogP contribution in [0, 0.1) is 41.4 Å². The Morgan fingerprint density at radius 2 is 1.83 bits per heavy atom. The topological polar surface area (TPSA) is 78.9 Å². The molecule has 1 aliphatic heterocycles. The highest BCUT2D eigenvalue weighted by atomic mass is 19.3. The molecule has 4 bridgehead atoms. The lowest BCUT2D eigenvalue weighted by Crippen LogP contribution is -2.44. The normalized spacial score (nSPS) is 40.3. The summed E-state index contributed by atoms with van der Waals surface area (Å²) in [5.41, 5.74) is 0. The van der Waals surface area contributed by atoms with E-state index in [1.807, 2.05) is 0 Å². The van der Waals surface area contributed by atoms with Crippen molar-refractivity contribution in [2.75, 3.05) is 6.61 Å². The summed E-state index contributed by atoms with van der Waals surface area (Å²) in [7, 11) is 0. The maximum absolute atomic E-state index is 13.5. The first-order valence-corrected chi connectivity index (χ1v) is 13.2. The minimum atomic E-state index is -3.52. The van der Waals surface area contributed by atoms with Crippen LogP contribution >= 0.6 is 0 Å². The summed E-state index contributed by atoms with van der Waals surface area (Å²) in [6.45, 7) is -0.0285. The predicted molar refractivity (Wildman–Crippen MR) is 117 cm³/mol. The standard InChI is InChI=1S/C26H35F3O6/c1-26(28,29)18(27)7-8-33-24(31)20-16-12-17-21(20)25(32)35-23(17)22(16)34-19(30)6-5-15-10-13-3-2-4-14(9-13)11-15/h13-18,20-23H,2-12H2,1H3. The smallest absolute Gasteiger partial charge is 0.310 e. The van der Waals surface area contributed by atoms with Gasteiger partial charge in [-0.25, -0.2) is 13.2 Å². The van der Waals surface area contributed by atoms with Crippen molar-refractivity contribution in [3.05, 3.63) is 0 Å². The Morgan fingerprint density at radius 1 is 1.11 bits per heavy atom. The molecule has 5 aliphatic rings. The number of fused-ring (bicyclic) bond motifs is 3. The van der Waals surface area contributed by atoms with Crippen LogP contribution in [0.15, 0.2) is 0 Å². The highest BCUT2D eigenvalue weighted by molar-refractivity contribution is 5.86. The number of hydrogen-bond donors (Lipinski definition) is 0. The van der Waals surface area contributed by atoms with Crippen LogP contribution in [0.25, 0.3) is 0 Å². The quantitative estimate of drug-likeness (QED) is 0.339. The van der Waals surface area contributed by atoms with Gasteiger partial charge in [-0.05, 0) is 49.9 Å². The van der Waals surface area contributed by atoms with Gasteiger partial charge in [0.25, 0.3) is 5.92 Å². The van der Waals surface area contributed by atoms with Crippen LogP contribution < -0.4 is 0 Å². The van der Waals surface area contributed by atoms with E-state index in [2.05, 4.69) is 0 Å². The van der Waals surface area contributed by atoms with Crippen molar-refractivity contribution in [2.24, 2.45) is 41.4 Å². The van der Waals surface area contributed by atoms with E-state index in [0.717, 1.165) is 18.3 Å². The largest absolute Gasteiger partial charge is 0.465 e. The van der Waals surface area contributed by atoms with Gasteiger partial charge in [0, 0.05) is 31.6 Å². The summed E-state index contributed by atoms with van der Waals surface area (Å²) in [6.07, 6.45) is 4.88. The van der Waals surface area contributed by atoms with Crippen LogP contribution in [0.3, 0.4) is 0 Å². The molecule has 35 heavy (non-hydrogen) atoms. The molecule has 9 atom stereocenters. The highest BCUT2D eigenvalue weighted by Gasteiger charge is 2.70. The highest BCUT2D eigenvalue weighted by Crippen LogP contribution is 2.59. The van der Waals surface area contributed by atoms with Gasteiger partial charge in [0.2, 0.25) is 0 Å². The van der Waals surface area contributed by atoms with E-state index < -0.39 is 67.0 Å². The average molecular weight is 501 g/mol. The first-order chi connectivity index (χ1) is 16.6. The van der Waals surface area contributed by atoms with Gasteiger partial charge in [0.1, 0.15) is 12.2 Å². The molecule has 0 aromatic heterocycles. The van der Waals surface area contributed by atoms with Gasteiger partial charge in [-0.2, -0.15) is 0 Å². The van der Waals surface area contributed by atoms with E-state index in [9.17, 15) is 27.6 Å². The third kappa shape index (κ3) is 4.93. The summed E-state index contributed by atoms with van der Waals surface area (Å²) >= 11 is 0. The van der Waals surface area contributed by atoms with Crippen LogP contribution in [0.4, 0.5) is 13.2 Å². The van der Waals surface area contributed by atoms with Gasteiger partial charge in [0.05, 0.1) is 18.4 Å². The van der Waals surface area contributed by atoms with E-state index in [-0.39, 0.29) is 11.9 Å². The second-order valence-corrected chi connectivity index (χ2v) is 11.6. The van der Waals surface area contributed by atoms with Crippen molar-refractivity contribution >= 4 is 17.9 Å². The fourth-order valence-corrected chi connectivity index (χ4v) is 7.72. The van der Waals surface area contributed by atoms with Gasteiger partial charge in [-0.3, -0.25) is 14.4 Å². The van der Waals surface area contributed by atoms with Crippen LogP contribution in [0.2, 0.25) is 0 Å². The van der Waals surface area contributed by atoms with E-state index in [4.69, 9.17) is 14.2 Å². The van der Waals surface area contributed by atoms with Crippen LogP contribution in [0.5, 0.6) is 0 Å². The molecule has 9 unspecified atom stereocenters. The summed E-state index contributed by atoms with van der Waals surface area (Å²) in [4.78, 5) is 38.0. The van der Waals surface area contributed by atoms with Gasteiger partial charge in [0.15, 0.2) is 6.17 Å². The Labute approximate surface area is 203 Å². The van der Waals surface area contributed by atoms with Crippen LogP contribution in [-0.4, -0.2) is 48.8 Å². The third-order valence-electron chi connectivity index (χ3n) is 9.23. The Kier molecular flexibility index (Phi) is 6.81. The molecule has 4 aliphatic carbocycles. The monoisotopic (exact) mass is 500 g/mol. The molecule has 1 saturated heterocycles. The molecule has 9 heteroatoms. The first kappa shape index (κ1) is 24.9. The Bertz CT molecular complexity index is 831. The minimum absolute atomic E-state index is 0.227. The minimum Gasteiger partial charge on any atom is -0.465 e. The maximum Gasteiger partial charge on any atom is 0.310 e. The SMILES string of the molecule is CC(F)(F)C(F)CCOC(=O)C1C2CC3C(OC(=O)C31)C2OC(=O)CCC1CC2CCCC(C2)C1. The van der Waals surface area contributed by atoms with E-state index in [1.54, 1.807) is 0 Å². The molecule has 0 N–H and O–H groups in total. The lowest BCUT2D eigenvalue weighted by Gasteiger charge is -2.39. The lowest BCUT2D eigenvalue weighted by molar-refractivity contribution is -0.166. The van der Waals surface area contributed by atoms with Gasteiger partial charge >= 0.3 is 17.9 Å². The zero-order valence-electron chi connectivity index (χ0n) is 20.1. The number of halogens is 3. The Hall–Kier alpha value is -1.80. The third-order valence-corrected chi connectivity index (χ3v) is 9.23. The molecule has 0 aromatic rings. The van der Waals surface area contributed by atoms with Crippen LogP contribution in [-0.2, 0) is 28.6 Å². The number of hydrogen-bond acceptors (Lipinski definition) is 6. The predicted octanol–water partition coefficient (Wildman–Crippen LogP) is 4.63. The Morgan fingerprint density at radius 3 is 2.51 bits per heavy atom. The number of esters is 3. The molecule has 1 heterocycles. The summed E-state index contributed by atoms with van der Waals surface area (Å²) in [5.74, 6) is -5.18. The Balaban J connectivity index is 1.15. The lowest BCUT2D eigenvalue weighted by atomic mass is 9.67. The molecular weight excluding hydrogens is 465 g/mol. The molecule has 6 nitrogen and oxygen atoms in total. The van der Waals surface area contributed by atoms with Crippen LogP contribution in [0.1, 0.15) is 71.1 Å². The number of rotatable bonds is 9. The summed E-state index contributed by atoms with van der Waals surface area (Å²) < 4.78 is 55.9. The number of ether oxygens (including phenoxy) is 3. The van der Waals surface area contributed by atoms with Gasteiger partial charge in [-0.15, -0.1) is 0 Å². The van der Waals surface area contributed by atoms with E-state index >= 15 is 0 Å². The first-order valence-electron chi connectivity index (χ1n) is 13.2. The zero-order valence-corrected chi connectivity index (χ0v) is 20.1. The molecule has 5 fully saturated rings. The van der Waals surface area contributed by atoms with Crippen molar-refractivity contribution in [1.29, 1.82) is 0 Å². The zero-order chi connectivity index (χ0) is 24.9. The maximum atomic E-state index is 13.5. The second kappa shape index (κ2) is 9.58. The summed E-state index contributed by atoms with van der Waals surface area (Å²) in [5, 5.41) is 0. The number of carbonyl (C=O) groups is 3. The molecule has 0 spiro atoms. The van der Waals surface area contributed by atoms with Gasteiger partial charge in [-0.1, -0.05) is 19.3 Å². The fraction of sp³-hybridized carbons (Fsp3) is 0.885. The van der Waals surface area contributed by atoms with Gasteiger partial charge < -0.3 is 14.2 Å². The van der Waals surface area contributed by atoms with Crippen molar-refractivity contribution in [2.45, 2.75) is 95.4 Å². The number of alkyl halides is 3. The van der Waals surface area contributed by atoms with Crippen molar-refractivity contribution in [1.82, 2.24) is 0 Å². The molecule has 0 radical (unpaired) electrons. The number of carbonyl (C=O) groups excluding carboxylic acids is 3. The van der Waals surface area contributed by atoms with Crippen molar-refractivity contribution in [3.8, 4) is 0 Å². The fourth-order valence-electron chi connectivity index (χ4n) is 7.72. The van der Waals surface area contributed by atoms with E-state index in [1.165, 1.54) is 38.5 Å². The molecule has 4 saturated carbocycles. The van der Waals surface area contributed by atoms with Crippen molar-refractivity contribution in [3.63, 3.8) is 0 Å². The van der Waals surface area contributed by atoms with E-state index in [0.29, 0.717) is 25.7 Å².